The quantitative estimate of drug-likeness (QED) is 0.644. The summed E-state index contributed by atoms with van der Waals surface area (Å²) < 4.78 is 36.4. The average molecular weight is 176 g/mol. The maximum Gasteiger partial charge on any atom is 0.420 e. The fourth-order valence-electron chi connectivity index (χ4n) is 1.02. The molecule has 66 valence electrons. The number of hydrogen-bond donors (Lipinski definition) is 1. The molecule has 0 bridgehead atoms. The molecule has 0 aliphatic carbocycles. The summed E-state index contributed by atoms with van der Waals surface area (Å²) in [5.74, 6) is -0.720. The van der Waals surface area contributed by atoms with E-state index in [9.17, 15) is 13.2 Å². The standard InChI is InChI=1S/C8H7F3O/c1-5-3-2-4-6(12)7(5)8(9,10)11/h2-4,12H,1H3. The molecule has 0 atom stereocenters. The minimum atomic E-state index is -4.48. The van der Waals surface area contributed by atoms with Gasteiger partial charge in [-0.25, -0.2) is 0 Å². The summed E-state index contributed by atoms with van der Waals surface area (Å²) in [6.45, 7) is 1.31. The third-order valence-corrected chi connectivity index (χ3v) is 1.53. The SMILES string of the molecule is Cc1cccc(O)c1C(F)(F)F. The fraction of sp³-hybridized carbons (Fsp3) is 0.250. The molecule has 0 aromatic heterocycles. The Morgan fingerprint density at radius 2 is 1.83 bits per heavy atom. The lowest BCUT2D eigenvalue weighted by molar-refractivity contribution is -0.139. The Morgan fingerprint density at radius 3 is 2.17 bits per heavy atom. The van der Waals surface area contributed by atoms with Crippen LogP contribution in [0.2, 0.25) is 0 Å². The third-order valence-electron chi connectivity index (χ3n) is 1.53. The second-order valence-corrected chi connectivity index (χ2v) is 2.47. The highest BCUT2D eigenvalue weighted by Crippen LogP contribution is 2.37. The first kappa shape index (κ1) is 8.90. The van der Waals surface area contributed by atoms with Crippen molar-refractivity contribution < 1.29 is 18.3 Å². The molecule has 12 heavy (non-hydrogen) atoms. The molecule has 1 nitrogen and oxygen atoms in total. The van der Waals surface area contributed by atoms with Gasteiger partial charge in [0.25, 0.3) is 0 Å². The van der Waals surface area contributed by atoms with Gasteiger partial charge in [-0.3, -0.25) is 0 Å². The van der Waals surface area contributed by atoms with Crippen LogP contribution in [0, 0.1) is 6.92 Å². The predicted octanol–water partition coefficient (Wildman–Crippen LogP) is 2.72. The molecule has 1 rings (SSSR count). The van der Waals surface area contributed by atoms with Crippen molar-refractivity contribution in [2.24, 2.45) is 0 Å². The average Bonchev–Trinajstić information content (AvgIpc) is 1.82. The normalized spacial score (nSPS) is 11.7. The first-order valence-corrected chi connectivity index (χ1v) is 3.28. The van der Waals surface area contributed by atoms with E-state index in [1.54, 1.807) is 0 Å². The van der Waals surface area contributed by atoms with Crippen LogP contribution in [0.1, 0.15) is 11.1 Å². The molecular weight excluding hydrogens is 169 g/mol. The highest BCUT2D eigenvalue weighted by molar-refractivity contribution is 5.40. The zero-order chi connectivity index (χ0) is 9.35. The molecule has 4 heteroatoms. The lowest BCUT2D eigenvalue weighted by Gasteiger charge is -2.10. The molecule has 1 aromatic carbocycles. The van der Waals surface area contributed by atoms with E-state index in [1.165, 1.54) is 19.1 Å². The van der Waals surface area contributed by atoms with Crippen LogP contribution >= 0.6 is 0 Å². The summed E-state index contributed by atoms with van der Waals surface area (Å²) in [6.07, 6.45) is -4.48. The first-order chi connectivity index (χ1) is 5.43. The maximum absolute atomic E-state index is 12.1. The van der Waals surface area contributed by atoms with Crippen LogP contribution in [0.15, 0.2) is 18.2 Å². The number of phenols is 1. The number of aryl methyl sites for hydroxylation is 1. The van der Waals surface area contributed by atoms with Gasteiger partial charge in [0.05, 0.1) is 0 Å². The molecule has 0 radical (unpaired) electrons. The Bertz CT molecular complexity index is 271. The summed E-state index contributed by atoms with van der Waals surface area (Å²) >= 11 is 0. The molecule has 0 aliphatic rings. The van der Waals surface area contributed by atoms with Crippen LogP contribution in [-0.4, -0.2) is 5.11 Å². The fourth-order valence-corrected chi connectivity index (χ4v) is 1.02. The van der Waals surface area contributed by atoms with E-state index in [1.807, 2.05) is 0 Å². The maximum atomic E-state index is 12.1. The second kappa shape index (κ2) is 2.69. The Hall–Kier alpha value is -1.19. The van der Waals surface area contributed by atoms with E-state index in [-0.39, 0.29) is 5.56 Å². The van der Waals surface area contributed by atoms with E-state index in [4.69, 9.17) is 5.11 Å². The first-order valence-electron chi connectivity index (χ1n) is 3.28. The van der Waals surface area contributed by atoms with E-state index in [0.717, 1.165) is 6.07 Å². The van der Waals surface area contributed by atoms with Gasteiger partial charge in [0.15, 0.2) is 0 Å². The molecule has 0 heterocycles. The van der Waals surface area contributed by atoms with Crippen LogP contribution < -0.4 is 0 Å². The van der Waals surface area contributed by atoms with E-state index in [0.29, 0.717) is 0 Å². The molecule has 0 spiro atoms. The van der Waals surface area contributed by atoms with Crippen LogP contribution in [0.5, 0.6) is 5.75 Å². The number of aromatic hydroxyl groups is 1. The van der Waals surface area contributed by atoms with Crippen LogP contribution in [0.3, 0.4) is 0 Å². The summed E-state index contributed by atoms with van der Waals surface area (Å²) in [5.41, 5.74) is -0.924. The smallest absolute Gasteiger partial charge is 0.420 e. The molecule has 0 saturated heterocycles. The summed E-state index contributed by atoms with van der Waals surface area (Å²) in [7, 11) is 0. The van der Waals surface area contributed by atoms with E-state index in [2.05, 4.69) is 0 Å². The molecule has 0 fully saturated rings. The van der Waals surface area contributed by atoms with Crippen molar-refractivity contribution in [2.45, 2.75) is 13.1 Å². The number of benzene rings is 1. The van der Waals surface area contributed by atoms with Gasteiger partial charge in [-0.2, -0.15) is 13.2 Å². The van der Waals surface area contributed by atoms with Gasteiger partial charge in [0.2, 0.25) is 0 Å². The van der Waals surface area contributed by atoms with Gasteiger partial charge in [0, 0.05) is 0 Å². The second-order valence-electron chi connectivity index (χ2n) is 2.47. The molecular formula is C8H7F3O. The Balaban J connectivity index is 3.31. The van der Waals surface area contributed by atoms with Crippen molar-refractivity contribution in [2.75, 3.05) is 0 Å². The van der Waals surface area contributed by atoms with Crippen LogP contribution in [0.25, 0.3) is 0 Å². The molecule has 1 N–H and O–H groups in total. The van der Waals surface area contributed by atoms with Crippen molar-refractivity contribution >= 4 is 0 Å². The Morgan fingerprint density at radius 1 is 1.25 bits per heavy atom. The number of halogens is 3. The zero-order valence-corrected chi connectivity index (χ0v) is 6.31. The lowest BCUT2D eigenvalue weighted by Crippen LogP contribution is -2.07. The van der Waals surface area contributed by atoms with E-state index >= 15 is 0 Å². The van der Waals surface area contributed by atoms with Crippen LogP contribution in [-0.2, 0) is 6.18 Å². The summed E-state index contributed by atoms with van der Waals surface area (Å²) in [6, 6.07) is 3.71. The minimum absolute atomic E-state index is 0.0301. The molecule has 0 unspecified atom stereocenters. The van der Waals surface area contributed by atoms with Crippen molar-refractivity contribution in [3.63, 3.8) is 0 Å². The molecule has 0 amide bonds. The summed E-state index contributed by atoms with van der Waals surface area (Å²) in [5, 5.41) is 8.91. The van der Waals surface area contributed by atoms with Crippen molar-refractivity contribution in [3.05, 3.63) is 29.3 Å². The predicted molar refractivity (Wildman–Crippen MR) is 37.8 cm³/mol. The highest BCUT2D eigenvalue weighted by atomic mass is 19.4. The number of phenolic OH excluding ortho intramolecular Hbond substituents is 1. The van der Waals surface area contributed by atoms with Crippen LogP contribution in [0.4, 0.5) is 13.2 Å². The van der Waals surface area contributed by atoms with E-state index < -0.39 is 17.5 Å². The Labute approximate surface area is 67.5 Å². The monoisotopic (exact) mass is 176 g/mol. The topological polar surface area (TPSA) is 20.2 Å². The lowest BCUT2D eigenvalue weighted by atomic mass is 10.1. The highest BCUT2D eigenvalue weighted by Gasteiger charge is 2.35. The largest absolute Gasteiger partial charge is 0.507 e. The summed E-state index contributed by atoms with van der Waals surface area (Å²) in [4.78, 5) is 0. The zero-order valence-electron chi connectivity index (χ0n) is 6.31. The van der Waals surface area contributed by atoms with Crippen molar-refractivity contribution in [1.29, 1.82) is 0 Å². The van der Waals surface area contributed by atoms with Crippen molar-refractivity contribution in [1.82, 2.24) is 0 Å². The van der Waals surface area contributed by atoms with Gasteiger partial charge in [-0.15, -0.1) is 0 Å². The molecule has 1 aromatic rings. The van der Waals surface area contributed by atoms with Gasteiger partial charge in [-0.1, -0.05) is 12.1 Å². The van der Waals surface area contributed by atoms with Gasteiger partial charge in [-0.05, 0) is 18.6 Å². The van der Waals surface area contributed by atoms with Crippen molar-refractivity contribution in [3.8, 4) is 5.75 Å². The van der Waals surface area contributed by atoms with Gasteiger partial charge >= 0.3 is 6.18 Å². The minimum Gasteiger partial charge on any atom is -0.507 e. The number of rotatable bonds is 0. The number of alkyl halides is 3. The number of hydrogen-bond acceptors (Lipinski definition) is 1. The van der Waals surface area contributed by atoms with Gasteiger partial charge in [0.1, 0.15) is 11.3 Å². The third kappa shape index (κ3) is 1.52. The van der Waals surface area contributed by atoms with Gasteiger partial charge < -0.3 is 5.11 Å². The Kier molecular flexibility index (Phi) is 2.00. The molecule has 0 saturated carbocycles. The molecule has 0 aliphatic heterocycles.